The number of nitrogens with zero attached hydrogens (tertiary/aromatic N) is 3. The van der Waals surface area contributed by atoms with E-state index in [0.29, 0.717) is 6.61 Å². The zero-order valence-electron chi connectivity index (χ0n) is 13.4. The first-order chi connectivity index (χ1) is 11.3. The van der Waals surface area contributed by atoms with Crippen LogP contribution in [-0.4, -0.2) is 21.1 Å². The fraction of sp³-hybridized carbons (Fsp3) is 0.368. The van der Waals surface area contributed by atoms with Crippen LogP contribution in [0.1, 0.15) is 31.2 Å². The average molecular weight is 307 g/mol. The van der Waals surface area contributed by atoms with Crippen LogP contribution in [0.25, 0.3) is 11.2 Å². The summed E-state index contributed by atoms with van der Waals surface area (Å²) >= 11 is 0. The highest BCUT2D eigenvalue weighted by molar-refractivity contribution is 5.71. The molecule has 0 bridgehead atoms. The molecule has 0 N–H and O–H groups in total. The van der Waals surface area contributed by atoms with Gasteiger partial charge in [-0.05, 0) is 55.5 Å². The quantitative estimate of drug-likeness (QED) is 0.695. The monoisotopic (exact) mass is 307 g/mol. The first-order valence-electron chi connectivity index (χ1n) is 8.35. The van der Waals surface area contributed by atoms with Crippen LogP contribution in [0.15, 0.2) is 42.6 Å². The molecule has 3 aromatic rings. The Morgan fingerprint density at radius 3 is 2.74 bits per heavy atom. The van der Waals surface area contributed by atoms with E-state index in [2.05, 4.69) is 21.7 Å². The van der Waals surface area contributed by atoms with Gasteiger partial charge in [-0.3, -0.25) is 0 Å². The van der Waals surface area contributed by atoms with Crippen molar-refractivity contribution in [3.05, 3.63) is 54.0 Å². The maximum Gasteiger partial charge on any atom is 0.160 e. The van der Waals surface area contributed by atoms with Gasteiger partial charge in [-0.25, -0.2) is 9.97 Å². The van der Waals surface area contributed by atoms with Crippen LogP contribution in [-0.2, 0) is 13.0 Å². The van der Waals surface area contributed by atoms with Crippen LogP contribution in [0.3, 0.4) is 0 Å². The molecule has 0 spiro atoms. The van der Waals surface area contributed by atoms with Crippen LogP contribution in [0.5, 0.6) is 5.75 Å². The first kappa shape index (κ1) is 14.2. The minimum atomic E-state index is 0.697. The van der Waals surface area contributed by atoms with E-state index in [4.69, 9.17) is 9.72 Å². The van der Waals surface area contributed by atoms with Crippen LogP contribution in [0.4, 0.5) is 0 Å². The molecule has 118 valence electrons. The summed E-state index contributed by atoms with van der Waals surface area (Å²) in [5.41, 5.74) is 3.26. The van der Waals surface area contributed by atoms with Crippen molar-refractivity contribution >= 4 is 11.2 Å². The molecule has 0 radical (unpaired) electrons. The van der Waals surface area contributed by atoms with Gasteiger partial charge in [-0.1, -0.05) is 12.1 Å². The van der Waals surface area contributed by atoms with E-state index in [1.54, 1.807) is 0 Å². The smallest absolute Gasteiger partial charge is 0.160 e. The third-order valence-corrected chi connectivity index (χ3v) is 4.32. The second kappa shape index (κ2) is 6.03. The van der Waals surface area contributed by atoms with Crippen molar-refractivity contribution in [1.82, 2.24) is 14.5 Å². The van der Waals surface area contributed by atoms with Crippen molar-refractivity contribution in [3.8, 4) is 5.75 Å². The number of rotatable bonds is 6. The third-order valence-electron chi connectivity index (χ3n) is 4.32. The highest BCUT2D eigenvalue weighted by atomic mass is 16.5. The van der Waals surface area contributed by atoms with Gasteiger partial charge >= 0.3 is 0 Å². The van der Waals surface area contributed by atoms with E-state index in [1.165, 1.54) is 18.4 Å². The summed E-state index contributed by atoms with van der Waals surface area (Å²) in [5, 5.41) is 0. The number of pyridine rings is 1. The minimum absolute atomic E-state index is 0.697. The molecule has 1 fully saturated rings. The number of hydrogen-bond acceptors (Lipinski definition) is 3. The Labute approximate surface area is 136 Å². The molecule has 23 heavy (non-hydrogen) atoms. The van der Waals surface area contributed by atoms with E-state index in [-0.39, 0.29) is 0 Å². The summed E-state index contributed by atoms with van der Waals surface area (Å²) < 4.78 is 7.82. The number of fused-ring (bicyclic) bond motifs is 1. The Hall–Kier alpha value is -2.36. The average Bonchev–Trinajstić information content (AvgIpc) is 3.33. The zero-order valence-corrected chi connectivity index (χ0v) is 13.4. The topological polar surface area (TPSA) is 39.9 Å². The normalized spacial score (nSPS) is 14.3. The summed E-state index contributed by atoms with van der Waals surface area (Å²) in [6.45, 7) is 3.74. The van der Waals surface area contributed by atoms with Crippen molar-refractivity contribution in [2.45, 2.75) is 32.7 Å². The number of benzene rings is 1. The Bertz CT molecular complexity index is 803. The lowest BCUT2D eigenvalue weighted by Crippen LogP contribution is -2.07. The zero-order chi connectivity index (χ0) is 15.6. The lowest BCUT2D eigenvalue weighted by atomic mass is 10.1. The van der Waals surface area contributed by atoms with Gasteiger partial charge in [0.2, 0.25) is 0 Å². The Morgan fingerprint density at radius 1 is 1.17 bits per heavy atom. The second-order valence-electron chi connectivity index (χ2n) is 6.18. The van der Waals surface area contributed by atoms with E-state index in [0.717, 1.165) is 41.6 Å². The van der Waals surface area contributed by atoms with Gasteiger partial charge in [-0.2, -0.15) is 0 Å². The van der Waals surface area contributed by atoms with Crippen LogP contribution in [0, 0.1) is 5.92 Å². The Balaban J connectivity index is 1.64. The van der Waals surface area contributed by atoms with E-state index < -0.39 is 0 Å². The number of aromatic nitrogens is 3. The molecule has 1 saturated carbocycles. The predicted molar refractivity (Wildman–Crippen MR) is 90.7 cm³/mol. The largest absolute Gasteiger partial charge is 0.494 e. The molecule has 0 unspecified atom stereocenters. The molecule has 1 aromatic carbocycles. The lowest BCUT2D eigenvalue weighted by Gasteiger charge is -2.08. The predicted octanol–water partition coefficient (Wildman–Crippen LogP) is 3.83. The van der Waals surface area contributed by atoms with Gasteiger partial charge in [0.1, 0.15) is 17.1 Å². The summed E-state index contributed by atoms with van der Waals surface area (Å²) in [6, 6.07) is 12.3. The van der Waals surface area contributed by atoms with Gasteiger partial charge < -0.3 is 9.30 Å². The molecule has 1 aliphatic rings. The van der Waals surface area contributed by atoms with Gasteiger partial charge in [0.15, 0.2) is 5.65 Å². The van der Waals surface area contributed by atoms with E-state index >= 15 is 0 Å². The molecule has 4 rings (SSSR count). The number of hydrogen-bond donors (Lipinski definition) is 0. The van der Waals surface area contributed by atoms with Gasteiger partial charge in [0.25, 0.3) is 0 Å². The maximum absolute atomic E-state index is 5.51. The fourth-order valence-corrected chi connectivity index (χ4v) is 2.94. The first-order valence-corrected chi connectivity index (χ1v) is 8.35. The molecule has 1 aliphatic carbocycles. The van der Waals surface area contributed by atoms with Crippen molar-refractivity contribution < 1.29 is 4.74 Å². The standard InChI is InChI=1S/C19H21N3O/c1-2-23-16-9-7-14(8-10-16)12-18-21-17-4-3-11-20-19(17)22(18)13-15-5-6-15/h3-4,7-11,15H,2,5-6,12-13H2,1H3. The van der Waals surface area contributed by atoms with Crippen LogP contribution < -0.4 is 4.74 Å². The van der Waals surface area contributed by atoms with Crippen LogP contribution in [0.2, 0.25) is 0 Å². The molecule has 4 nitrogen and oxygen atoms in total. The van der Waals surface area contributed by atoms with Crippen molar-refractivity contribution in [1.29, 1.82) is 0 Å². The highest BCUT2D eigenvalue weighted by Crippen LogP contribution is 2.32. The van der Waals surface area contributed by atoms with Gasteiger partial charge in [0, 0.05) is 19.2 Å². The Kier molecular flexibility index (Phi) is 3.74. The van der Waals surface area contributed by atoms with Gasteiger partial charge in [-0.15, -0.1) is 0 Å². The molecule has 0 atom stereocenters. The highest BCUT2D eigenvalue weighted by Gasteiger charge is 2.24. The molecule has 0 amide bonds. The maximum atomic E-state index is 5.51. The van der Waals surface area contributed by atoms with Crippen molar-refractivity contribution in [2.75, 3.05) is 6.61 Å². The van der Waals surface area contributed by atoms with E-state index in [1.807, 2.05) is 37.4 Å². The molecular formula is C19H21N3O. The fourth-order valence-electron chi connectivity index (χ4n) is 2.94. The second-order valence-corrected chi connectivity index (χ2v) is 6.18. The number of imidazole rings is 1. The van der Waals surface area contributed by atoms with Gasteiger partial charge in [0.05, 0.1) is 6.61 Å². The lowest BCUT2D eigenvalue weighted by molar-refractivity contribution is 0.340. The molecule has 2 aromatic heterocycles. The molecular weight excluding hydrogens is 286 g/mol. The van der Waals surface area contributed by atoms with Crippen molar-refractivity contribution in [3.63, 3.8) is 0 Å². The molecule has 0 aliphatic heterocycles. The summed E-state index contributed by atoms with van der Waals surface area (Å²) in [5.74, 6) is 2.83. The SMILES string of the molecule is CCOc1ccc(Cc2nc3cccnc3n2CC2CC2)cc1. The Morgan fingerprint density at radius 2 is 2.00 bits per heavy atom. The summed E-state index contributed by atoms with van der Waals surface area (Å²) in [6.07, 6.45) is 5.34. The summed E-state index contributed by atoms with van der Waals surface area (Å²) in [7, 11) is 0. The third kappa shape index (κ3) is 3.07. The summed E-state index contributed by atoms with van der Waals surface area (Å²) in [4.78, 5) is 9.36. The van der Waals surface area contributed by atoms with E-state index in [9.17, 15) is 0 Å². The molecule has 0 saturated heterocycles. The minimum Gasteiger partial charge on any atom is -0.494 e. The van der Waals surface area contributed by atoms with Crippen LogP contribution >= 0.6 is 0 Å². The number of ether oxygens (including phenoxy) is 1. The van der Waals surface area contributed by atoms with Crippen molar-refractivity contribution in [2.24, 2.45) is 5.92 Å². The molecule has 2 heterocycles. The molecule has 4 heteroatoms.